The number of carbonyl (C=O) groups is 1. The fraction of sp³-hybridized carbons (Fsp3) is 0.556. The van der Waals surface area contributed by atoms with E-state index < -0.39 is 27.8 Å². The van der Waals surface area contributed by atoms with Crippen LogP contribution in [0.15, 0.2) is 47.5 Å². The number of benzene rings is 1. The van der Waals surface area contributed by atoms with Gasteiger partial charge in [-0.2, -0.15) is 4.31 Å². The zero-order valence-corrected chi connectivity index (χ0v) is 22.1. The van der Waals surface area contributed by atoms with Crippen LogP contribution in [0.25, 0.3) is 0 Å². The summed E-state index contributed by atoms with van der Waals surface area (Å²) in [6.07, 6.45) is 7.49. The van der Waals surface area contributed by atoms with Crippen molar-refractivity contribution in [3.8, 4) is 0 Å². The summed E-state index contributed by atoms with van der Waals surface area (Å²) < 4.78 is 34.9. The molecule has 0 bridgehead atoms. The summed E-state index contributed by atoms with van der Waals surface area (Å²) in [6.45, 7) is 7.94. The van der Waals surface area contributed by atoms with Crippen LogP contribution in [-0.4, -0.2) is 42.0 Å². The molecule has 1 saturated heterocycles. The van der Waals surface area contributed by atoms with Crippen molar-refractivity contribution in [3.05, 3.63) is 53.7 Å². The molecule has 1 aromatic heterocycles. The van der Waals surface area contributed by atoms with E-state index in [0.717, 1.165) is 49.7 Å². The second-order valence-electron chi connectivity index (χ2n) is 10.6. The maximum atomic E-state index is 13.7. The van der Waals surface area contributed by atoms with Crippen molar-refractivity contribution in [2.45, 2.75) is 95.2 Å². The molecule has 0 spiro atoms. The van der Waals surface area contributed by atoms with Crippen molar-refractivity contribution in [1.82, 2.24) is 9.29 Å². The number of pyridine rings is 1. The van der Waals surface area contributed by atoms with Gasteiger partial charge in [-0.3, -0.25) is 4.90 Å². The van der Waals surface area contributed by atoms with Crippen LogP contribution in [0.4, 0.5) is 10.6 Å². The lowest BCUT2D eigenvalue weighted by Gasteiger charge is -2.38. The molecule has 1 saturated carbocycles. The summed E-state index contributed by atoms with van der Waals surface area (Å²) >= 11 is 0. The Morgan fingerprint density at radius 2 is 1.69 bits per heavy atom. The normalized spacial score (nSPS) is 20.1. The fourth-order valence-electron chi connectivity index (χ4n) is 5.10. The first-order valence-electron chi connectivity index (χ1n) is 12.6. The van der Waals surface area contributed by atoms with Gasteiger partial charge in [0.25, 0.3) is 0 Å². The highest BCUT2D eigenvalue weighted by molar-refractivity contribution is 7.89. The van der Waals surface area contributed by atoms with E-state index in [9.17, 15) is 13.2 Å². The highest BCUT2D eigenvalue weighted by Crippen LogP contribution is 2.40. The zero-order valence-electron chi connectivity index (χ0n) is 21.2. The molecule has 1 aliphatic heterocycles. The summed E-state index contributed by atoms with van der Waals surface area (Å²) in [5, 5.41) is 0. The molecule has 2 aliphatic rings. The number of carbonyl (C=O) groups excluding carboxylic acids is 1. The van der Waals surface area contributed by atoms with E-state index in [1.807, 2.05) is 52.0 Å². The van der Waals surface area contributed by atoms with Crippen LogP contribution in [0.3, 0.4) is 0 Å². The van der Waals surface area contributed by atoms with Gasteiger partial charge in [-0.15, -0.1) is 0 Å². The minimum absolute atomic E-state index is 0.00996. The van der Waals surface area contributed by atoms with Gasteiger partial charge in [-0.05, 0) is 71.6 Å². The maximum absolute atomic E-state index is 13.7. The molecule has 7 nitrogen and oxygen atoms in total. The SMILES string of the molecule is Cc1ccc(S(=O)(=O)N2CCCC[C@H]2c2cccnc2N(C(=O)OC(C)(C)C)C2CCCC2)cc1. The summed E-state index contributed by atoms with van der Waals surface area (Å²) in [6, 6.07) is 10.3. The molecule has 1 aromatic carbocycles. The number of nitrogens with zero attached hydrogens (tertiary/aromatic N) is 3. The van der Waals surface area contributed by atoms with Crippen molar-refractivity contribution < 1.29 is 17.9 Å². The van der Waals surface area contributed by atoms with Crippen LogP contribution in [0.1, 0.15) is 82.9 Å². The van der Waals surface area contributed by atoms with Crippen molar-refractivity contribution >= 4 is 21.9 Å². The number of rotatable bonds is 5. The van der Waals surface area contributed by atoms with Gasteiger partial charge in [0.1, 0.15) is 11.4 Å². The number of ether oxygens (including phenoxy) is 1. The van der Waals surface area contributed by atoms with Gasteiger partial charge >= 0.3 is 6.09 Å². The average Bonchev–Trinajstić information content (AvgIpc) is 3.33. The third kappa shape index (κ3) is 5.70. The van der Waals surface area contributed by atoms with Crippen molar-refractivity contribution in [1.29, 1.82) is 0 Å². The smallest absolute Gasteiger partial charge is 0.416 e. The second-order valence-corrected chi connectivity index (χ2v) is 12.5. The third-order valence-electron chi connectivity index (χ3n) is 6.77. The molecule has 4 rings (SSSR count). The van der Waals surface area contributed by atoms with Crippen LogP contribution >= 0.6 is 0 Å². The molecular weight excluding hydrogens is 462 g/mol. The summed E-state index contributed by atoms with van der Waals surface area (Å²) in [4.78, 5) is 20.1. The average molecular weight is 500 g/mol. The number of sulfonamides is 1. The Morgan fingerprint density at radius 3 is 2.34 bits per heavy atom. The quantitative estimate of drug-likeness (QED) is 0.505. The molecule has 190 valence electrons. The van der Waals surface area contributed by atoms with E-state index in [4.69, 9.17) is 4.74 Å². The highest BCUT2D eigenvalue weighted by atomic mass is 32.2. The Balaban J connectivity index is 1.76. The maximum Gasteiger partial charge on any atom is 0.416 e. The van der Waals surface area contributed by atoms with Gasteiger partial charge in [0.15, 0.2) is 0 Å². The first-order valence-corrected chi connectivity index (χ1v) is 14.1. The predicted octanol–water partition coefficient (Wildman–Crippen LogP) is 5.99. The van der Waals surface area contributed by atoms with Crippen LogP contribution in [-0.2, 0) is 14.8 Å². The molecule has 1 atom stereocenters. The monoisotopic (exact) mass is 499 g/mol. The number of hydrogen-bond acceptors (Lipinski definition) is 5. The van der Waals surface area contributed by atoms with Gasteiger partial charge in [0, 0.05) is 24.3 Å². The van der Waals surface area contributed by atoms with E-state index in [1.165, 1.54) is 0 Å². The van der Waals surface area contributed by atoms with E-state index in [0.29, 0.717) is 23.7 Å². The summed E-state index contributed by atoms with van der Waals surface area (Å²) in [5.41, 5.74) is 1.13. The Labute approximate surface area is 209 Å². The van der Waals surface area contributed by atoms with E-state index in [-0.39, 0.29) is 6.04 Å². The van der Waals surface area contributed by atoms with Crippen molar-refractivity contribution in [2.24, 2.45) is 0 Å². The molecule has 35 heavy (non-hydrogen) atoms. The van der Waals surface area contributed by atoms with Gasteiger partial charge in [-0.25, -0.2) is 18.2 Å². The Morgan fingerprint density at radius 1 is 1.03 bits per heavy atom. The molecule has 0 radical (unpaired) electrons. The Kier molecular flexibility index (Phi) is 7.52. The molecule has 2 heterocycles. The van der Waals surface area contributed by atoms with Gasteiger partial charge in [0.2, 0.25) is 10.0 Å². The van der Waals surface area contributed by atoms with E-state index in [1.54, 1.807) is 27.5 Å². The molecular formula is C27H37N3O4S. The first kappa shape index (κ1) is 25.6. The van der Waals surface area contributed by atoms with Crippen LogP contribution in [0.5, 0.6) is 0 Å². The van der Waals surface area contributed by atoms with Crippen LogP contribution < -0.4 is 4.90 Å². The molecule has 1 amide bonds. The number of anilines is 1. The fourth-order valence-corrected chi connectivity index (χ4v) is 6.78. The number of aryl methyl sites for hydroxylation is 1. The zero-order chi connectivity index (χ0) is 25.2. The lowest BCUT2D eigenvalue weighted by molar-refractivity contribution is 0.0564. The number of piperidine rings is 1. The summed E-state index contributed by atoms with van der Waals surface area (Å²) in [5.74, 6) is 0.518. The molecule has 8 heteroatoms. The molecule has 0 unspecified atom stereocenters. The largest absolute Gasteiger partial charge is 0.443 e. The molecule has 0 N–H and O–H groups in total. The minimum Gasteiger partial charge on any atom is -0.443 e. The third-order valence-corrected chi connectivity index (χ3v) is 8.69. The number of hydrogen-bond donors (Lipinski definition) is 0. The highest BCUT2D eigenvalue weighted by Gasteiger charge is 2.39. The number of aromatic nitrogens is 1. The van der Waals surface area contributed by atoms with Crippen molar-refractivity contribution in [3.63, 3.8) is 0 Å². The van der Waals surface area contributed by atoms with Gasteiger partial charge in [0.05, 0.1) is 10.9 Å². The summed E-state index contributed by atoms with van der Waals surface area (Å²) in [7, 11) is -3.72. The van der Waals surface area contributed by atoms with E-state index in [2.05, 4.69) is 4.98 Å². The Bertz CT molecular complexity index is 1140. The van der Waals surface area contributed by atoms with E-state index >= 15 is 0 Å². The Hall–Kier alpha value is -2.45. The number of amides is 1. The second kappa shape index (κ2) is 10.3. The van der Waals surface area contributed by atoms with Crippen molar-refractivity contribution in [2.75, 3.05) is 11.4 Å². The molecule has 2 fully saturated rings. The van der Waals surface area contributed by atoms with Gasteiger partial charge in [-0.1, -0.05) is 43.0 Å². The van der Waals surface area contributed by atoms with Crippen LogP contribution in [0.2, 0.25) is 0 Å². The molecule has 2 aromatic rings. The molecule has 1 aliphatic carbocycles. The van der Waals surface area contributed by atoms with Crippen LogP contribution in [0, 0.1) is 6.92 Å². The lowest BCUT2D eigenvalue weighted by Crippen LogP contribution is -2.45. The predicted molar refractivity (Wildman–Crippen MR) is 137 cm³/mol. The standard InChI is InChI=1S/C27H37N3O4S/c1-20-14-16-22(17-15-20)35(32,33)29-19-8-7-13-24(29)23-12-9-18-28-25(23)30(21-10-5-6-11-21)26(31)34-27(2,3)4/h9,12,14-18,21,24H,5-8,10-11,13,19H2,1-4H3/t24-/m0/s1. The topological polar surface area (TPSA) is 79.8 Å². The first-order chi connectivity index (χ1) is 16.6. The lowest BCUT2D eigenvalue weighted by atomic mass is 9.97. The van der Waals surface area contributed by atoms with Gasteiger partial charge < -0.3 is 4.74 Å². The minimum atomic E-state index is -3.72.